The van der Waals surface area contributed by atoms with Crippen molar-refractivity contribution >= 4 is 29.1 Å². The van der Waals surface area contributed by atoms with Gasteiger partial charge in [0.05, 0.1) is 6.04 Å². The number of carbonyl (C=O) groups is 3. The molecular weight excluding hydrogens is 496 g/mol. The number of nitrogens with zero attached hydrogens (tertiary/aromatic N) is 1. The molecule has 1 spiro atoms. The van der Waals surface area contributed by atoms with Gasteiger partial charge in [-0.15, -0.1) is 0 Å². The van der Waals surface area contributed by atoms with Crippen LogP contribution in [0.5, 0.6) is 0 Å². The monoisotopic (exact) mass is 517 g/mol. The van der Waals surface area contributed by atoms with Crippen molar-refractivity contribution in [1.82, 2.24) is 0 Å². The second-order valence-electron chi connectivity index (χ2n) is 10.2. The lowest BCUT2D eigenvalue weighted by molar-refractivity contribution is 0.0664. The zero-order valence-corrected chi connectivity index (χ0v) is 20.6. The highest BCUT2D eigenvalue weighted by atomic mass is 19.1. The molecule has 2 aliphatic heterocycles. The lowest BCUT2D eigenvalue weighted by Crippen LogP contribution is -2.48. The molecule has 7 rings (SSSR count). The maximum atomic E-state index is 15.7. The fourth-order valence-electron chi connectivity index (χ4n) is 6.77. The van der Waals surface area contributed by atoms with Gasteiger partial charge in [0, 0.05) is 28.3 Å². The molecule has 1 saturated heterocycles. The predicted molar refractivity (Wildman–Crippen MR) is 143 cm³/mol. The summed E-state index contributed by atoms with van der Waals surface area (Å²) in [7, 11) is 0. The first-order valence-electron chi connectivity index (χ1n) is 12.7. The summed E-state index contributed by atoms with van der Waals surface area (Å²) in [5.41, 5.74) is 0.562. The fraction of sp³-hybridized carbons (Fsp3) is 0.121. The summed E-state index contributed by atoms with van der Waals surface area (Å²) in [6.45, 7) is 0. The molecule has 190 valence electrons. The quantitative estimate of drug-likeness (QED) is 0.237. The van der Waals surface area contributed by atoms with E-state index in [-0.39, 0.29) is 22.3 Å². The highest BCUT2D eigenvalue weighted by Gasteiger charge is 2.71. The van der Waals surface area contributed by atoms with E-state index in [0.29, 0.717) is 5.69 Å². The van der Waals surface area contributed by atoms with Crippen molar-refractivity contribution < 1.29 is 23.2 Å². The summed E-state index contributed by atoms with van der Waals surface area (Å²) in [4.78, 5) is 45.2. The molecule has 3 aliphatic rings. The number of halogens is 2. The van der Waals surface area contributed by atoms with Crippen molar-refractivity contribution in [1.29, 1.82) is 0 Å². The third kappa shape index (κ3) is 3.05. The summed E-state index contributed by atoms with van der Waals surface area (Å²) in [6.07, 6.45) is 3.64. The SMILES string of the molecule is O=C(c1ccc(F)cc1)[C@H]1[C@H](c2ccccc2F)C2(C(=O)c3ccccc3C2=O)[C@@H]2C=Cc3ccccc3N21. The number of hydrogen-bond acceptors (Lipinski definition) is 4. The van der Waals surface area contributed by atoms with E-state index in [1.54, 1.807) is 47.4 Å². The zero-order chi connectivity index (χ0) is 26.9. The molecule has 0 unspecified atom stereocenters. The van der Waals surface area contributed by atoms with E-state index in [9.17, 15) is 18.8 Å². The molecular formula is C33H21F2NO3. The summed E-state index contributed by atoms with van der Waals surface area (Å²) >= 11 is 0. The van der Waals surface area contributed by atoms with Crippen molar-refractivity contribution in [2.24, 2.45) is 5.41 Å². The van der Waals surface area contributed by atoms with Crippen LogP contribution >= 0.6 is 0 Å². The van der Waals surface area contributed by atoms with Crippen molar-refractivity contribution in [2.75, 3.05) is 4.90 Å². The van der Waals surface area contributed by atoms with Crippen LogP contribution in [-0.2, 0) is 0 Å². The molecule has 2 heterocycles. The Hall–Kier alpha value is -4.71. The minimum Gasteiger partial charge on any atom is -0.352 e. The lowest BCUT2D eigenvalue weighted by Gasteiger charge is -2.37. The zero-order valence-electron chi connectivity index (χ0n) is 20.6. The first-order chi connectivity index (χ1) is 18.9. The van der Waals surface area contributed by atoms with Crippen LogP contribution in [0.4, 0.5) is 14.5 Å². The van der Waals surface area contributed by atoms with Gasteiger partial charge in [0.15, 0.2) is 17.3 Å². The molecule has 3 atom stereocenters. The first-order valence-corrected chi connectivity index (χ1v) is 12.7. The third-order valence-electron chi connectivity index (χ3n) is 8.35. The number of carbonyl (C=O) groups excluding carboxylic acids is 3. The number of Topliss-reactive ketones (excluding diaryl/α,β-unsaturated/α-hetero) is 3. The Morgan fingerprint density at radius 2 is 1.36 bits per heavy atom. The summed E-state index contributed by atoms with van der Waals surface area (Å²) in [6, 6.07) is 23.2. The normalized spacial score (nSPS) is 22.1. The fourth-order valence-corrected chi connectivity index (χ4v) is 6.77. The number of fused-ring (bicyclic) bond motifs is 5. The van der Waals surface area contributed by atoms with Gasteiger partial charge in [-0.3, -0.25) is 14.4 Å². The van der Waals surface area contributed by atoms with Crippen molar-refractivity contribution in [3.05, 3.63) is 143 Å². The van der Waals surface area contributed by atoms with E-state index in [0.717, 1.165) is 5.56 Å². The second kappa shape index (κ2) is 8.40. The van der Waals surface area contributed by atoms with Crippen LogP contribution < -0.4 is 4.90 Å². The number of rotatable bonds is 3. The Balaban J connectivity index is 1.56. The third-order valence-corrected chi connectivity index (χ3v) is 8.35. The Morgan fingerprint density at radius 1 is 0.744 bits per heavy atom. The number of hydrogen-bond donors (Lipinski definition) is 0. The molecule has 0 saturated carbocycles. The summed E-state index contributed by atoms with van der Waals surface area (Å²) < 4.78 is 29.5. The average Bonchev–Trinajstić information content (AvgIpc) is 3.39. The van der Waals surface area contributed by atoms with Gasteiger partial charge in [0.25, 0.3) is 0 Å². The largest absolute Gasteiger partial charge is 0.352 e. The molecule has 0 bridgehead atoms. The molecule has 0 N–H and O–H groups in total. The van der Waals surface area contributed by atoms with Crippen LogP contribution in [0.3, 0.4) is 0 Å². The highest BCUT2D eigenvalue weighted by Crippen LogP contribution is 2.61. The van der Waals surface area contributed by atoms with Gasteiger partial charge in [0.1, 0.15) is 23.1 Å². The number of para-hydroxylation sites is 1. The minimum atomic E-state index is -1.78. The Kier molecular flexibility index (Phi) is 5.04. The Morgan fingerprint density at radius 3 is 2.05 bits per heavy atom. The molecule has 4 aromatic carbocycles. The van der Waals surface area contributed by atoms with Crippen LogP contribution in [0.2, 0.25) is 0 Å². The Bertz CT molecular complexity index is 1690. The molecule has 0 radical (unpaired) electrons. The van der Waals surface area contributed by atoms with Gasteiger partial charge in [-0.05, 0) is 47.5 Å². The number of ketones is 3. The van der Waals surface area contributed by atoms with Crippen molar-refractivity contribution in [2.45, 2.75) is 18.0 Å². The molecule has 39 heavy (non-hydrogen) atoms. The minimum absolute atomic E-state index is 0.118. The average molecular weight is 518 g/mol. The molecule has 4 aromatic rings. The van der Waals surface area contributed by atoms with Gasteiger partial charge in [-0.1, -0.05) is 72.8 Å². The smallest absolute Gasteiger partial charge is 0.185 e. The van der Waals surface area contributed by atoms with Gasteiger partial charge >= 0.3 is 0 Å². The molecule has 0 amide bonds. The number of benzene rings is 4. The van der Waals surface area contributed by atoms with Crippen molar-refractivity contribution in [3.63, 3.8) is 0 Å². The van der Waals surface area contributed by atoms with E-state index in [4.69, 9.17) is 0 Å². The van der Waals surface area contributed by atoms with E-state index in [1.807, 2.05) is 30.3 Å². The maximum Gasteiger partial charge on any atom is 0.185 e. The molecule has 1 aliphatic carbocycles. The van der Waals surface area contributed by atoms with Crippen LogP contribution in [0.1, 0.15) is 48.1 Å². The van der Waals surface area contributed by atoms with Crippen LogP contribution in [0.25, 0.3) is 6.08 Å². The van der Waals surface area contributed by atoms with Gasteiger partial charge < -0.3 is 4.90 Å². The van der Waals surface area contributed by atoms with Gasteiger partial charge in [-0.2, -0.15) is 0 Å². The van der Waals surface area contributed by atoms with Gasteiger partial charge in [0.2, 0.25) is 0 Å². The van der Waals surface area contributed by atoms with Crippen LogP contribution in [0.15, 0.2) is 103 Å². The van der Waals surface area contributed by atoms with Crippen molar-refractivity contribution in [3.8, 4) is 0 Å². The topological polar surface area (TPSA) is 54.5 Å². The second-order valence-corrected chi connectivity index (χ2v) is 10.2. The highest BCUT2D eigenvalue weighted by molar-refractivity contribution is 6.32. The number of anilines is 1. The predicted octanol–water partition coefficient (Wildman–Crippen LogP) is 6.28. The lowest BCUT2D eigenvalue weighted by atomic mass is 9.64. The van der Waals surface area contributed by atoms with E-state index < -0.39 is 52.4 Å². The molecule has 4 nitrogen and oxygen atoms in total. The van der Waals surface area contributed by atoms with E-state index >= 15 is 4.39 Å². The maximum absolute atomic E-state index is 15.7. The summed E-state index contributed by atoms with van der Waals surface area (Å²) in [5, 5.41) is 0. The van der Waals surface area contributed by atoms with Crippen LogP contribution in [-0.4, -0.2) is 29.4 Å². The standard InChI is InChI=1S/C33H21F2NO3/c34-21-16-13-20(14-17-21)30(37)29-28(24-10-4-5-11-25(24)35)33(31(38)22-8-2-3-9-23(22)32(33)39)27-18-15-19-7-1-6-12-26(19)36(27)29/h1-18,27-29H/t27-,28-,29+/m0/s1. The van der Waals surface area contributed by atoms with Crippen LogP contribution in [0, 0.1) is 17.0 Å². The Labute approximate surface area is 223 Å². The molecule has 6 heteroatoms. The first kappa shape index (κ1) is 23.4. The van der Waals surface area contributed by atoms with E-state index in [1.165, 1.54) is 36.4 Å². The molecule has 1 fully saturated rings. The van der Waals surface area contributed by atoms with Gasteiger partial charge in [-0.25, -0.2) is 8.78 Å². The van der Waals surface area contributed by atoms with E-state index in [2.05, 4.69) is 0 Å². The summed E-state index contributed by atoms with van der Waals surface area (Å²) in [5.74, 6) is -3.53. The molecule has 0 aromatic heterocycles.